The lowest BCUT2D eigenvalue weighted by Gasteiger charge is -2.14. The van der Waals surface area contributed by atoms with Crippen molar-refractivity contribution in [2.24, 2.45) is 7.05 Å². The molecular weight excluding hydrogens is 418 g/mol. The highest BCUT2D eigenvalue weighted by Gasteiger charge is 2.25. The van der Waals surface area contributed by atoms with Crippen LogP contribution >= 0.6 is 23.2 Å². The Balaban J connectivity index is 1.50. The zero-order valence-corrected chi connectivity index (χ0v) is 17.4. The van der Waals surface area contributed by atoms with Gasteiger partial charge in [-0.15, -0.1) is 0 Å². The number of methoxy groups -OCH3 is 1. The molecule has 0 radical (unpaired) electrons. The number of rotatable bonds is 6. The summed E-state index contributed by atoms with van der Waals surface area (Å²) in [5, 5.41) is 8.55. The molecule has 0 saturated carbocycles. The molecule has 152 valence electrons. The van der Waals surface area contributed by atoms with E-state index in [0.717, 1.165) is 17.0 Å². The van der Waals surface area contributed by atoms with Crippen LogP contribution < -0.4 is 10.1 Å². The third-order valence-electron chi connectivity index (χ3n) is 4.82. The molecule has 3 heterocycles. The largest absolute Gasteiger partial charge is 0.494 e. The smallest absolute Gasteiger partial charge is 0.171 e. The minimum atomic E-state index is -0.482. The minimum absolute atomic E-state index is 0.150. The number of fused-ring (bicyclic) bond motifs is 1. The van der Waals surface area contributed by atoms with Gasteiger partial charge in [-0.25, -0.2) is 14.4 Å². The number of benzene rings is 1. The van der Waals surface area contributed by atoms with E-state index in [1.165, 1.54) is 19.5 Å². The third-order valence-corrected chi connectivity index (χ3v) is 5.49. The predicted molar refractivity (Wildman–Crippen MR) is 108 cm³/mol. The Kier molecular flexibility index (Phi) is 5.58. The predicted octanol–water partition coefficient (Wildman–Crippen LogP) is 3.79. The maximum Gasteiger partial charge on any atom is 0.171 e. The molecule has 0 spiro atoms. The van der Waals surface area contributed by atoms with Crippen LogP contribution in [0.4, 0.5) is 10.2 Å². The molecule has 2 aromatic heterocycles. The maximum absolute atomic E-state index is 14.5. The molecule has 0 amide bonds. The van der Waals surface area contributed by atoms with E-state index in [-0.39, 0.29) is 12.3 Å². The van der Waals surface area contributed by atoms with E-state index in [0.29, 0.717) is 41.1 Å². The van der Waals surface area contributed by atoms with Crippen molar-refractivity contribution in [2.45, 2.75) is 26.2 Å². The summed E-state index contributed by atoms with van der Waals surface area (Å²) < 4.78 is 21.3. The van der Waals surface area contributed by atoms with Crippen molar-refractivity contribution in [2.75, 3.05) is 12.4 Å². The van der Waals surface area contributed by atoms with Gasteiger partial charge in [0.25, 0.3) is 0 Å². The van der Waals surface area contributed by atoms with E-state index in [4.69, 9.17) is 27.9 Å². The molecule has 1 aliphatic rings. The second-order valence-electron chi connectivity index (χ2n) is 6.79. The SMILES string of the molecule is COc1ccc(Cl)c(CNc2ncnc3c2CN(Cc2nn(C)cc2Cl)C3)c1F. The molecule has 0 atom stereocenters. The third kappa shape index (κ3) is 4.01. The van der Waals surface area contributed by atoms with Crippen LogP contribution in [0.1, 0.15) is 22.5 Å². The molecule has 1 aromatic carbocycles. The van der Waals surface area contributed by atoms with Gasteiger partial charge in [0, 0.05) is 55.6 Å². The first kappa shape index (κ1) is 19.9. The first-order valence-electron chi connectivity index (χ1n) is 8.94. The van der Waals surface area contributed by atoms with E-state index in [1.807, 2.05) is 7.05 Å². The summed E-state index contributed by atoms with van der Waals surface area (Å²) in [5.74, 6) is 0.324. The molecule has 0 unspecified atom stereocenters. The van der Waals surface area contributed by atoms with Gasteiger partial charge >= 0.3 is 0 Å². The fourth-order valence-electron chi connectivity index (χ4n) is 3.40. The van der Waals surface area contributed by atoms with Crippen LogP contribution in [0.3, 0.4) is 0 Å². The average molecular weight is 437 g/mol. The quantitative estimate of drug-likeness (QED) is 0.633. The van der Waals surface area contributed by atoms with Crippen LogP contribution in [0.25, 0.3) is 0 Å². The zero-order chi connectivity index (χ0) is 20.5. The molecule has 0 saturated heterocycles. The van der Waals surface area contributed by atoms with Crippen molar-refractivity contribution in [1.29, 1.82) is 0 Å². The lowest BCUT2D eigenvalue weighted by atomic mass is 10.2. The second kappa shape index (κ2) is 8.14. The molecular formula is C19H19Cl2FN6O. The fraction of sp³-hybridized carbons (Fsp3) is 0.316. The summed E-state index contributed by atoms with van der Waals surface area (Å²) in [6.45, 7) is 2.08. The zero-order valence-electron chi connectivity index (χ0n) is 15.9. The van der Waals surface area contributed by atoms with Crippen molar-refractivity contribution >= 4 is 29.0 Å². The molecule has 7 nitrogen and oxygen atoms in total. The summed E-state index contributed by atoms with van der Waals surface area (Å²) in [6.07, 6.45) is 3.28. The number of aryl methyl sites for hydroxylation is 1. The summed E-state index contributed by atoms with van der Waals surface area (Å²) in [4.78, 5) is 10.9. The van der Waals surface area contributed by atoms with Crippen LogP contribution in [0.5, 0.6) is 5.75 Å². The number of halogens is 3. The van der Waals surface area contributed by atoms with Crippen LogP contribution in [-0.2, 0) is 33.2 Å². The summed E-state index contributed by atoms with van der Waals surface area (Å²) in [5.41, 5.74) is 3.04. The topological polar surface area (TPSA) is 68.1 Å². The average Bonchev–Trinajstić information content (AvgIpc) is 3.24. The Hall–Kier alpha value is -2.42. The Labute approximate surface area is 177 Å². The number of aromatic nitrogens is 4. The molecule has 10 heteroatoms. The first-order chi connectivity index (χ1) is 14.0. The van der Waals surface area contributed by atoms with Crippen molar-refractivity contribution < 1.29 is 9.13 Å². The van der Waals surface area contributed by atoms with Gasteiger partial charge in [0.1, 0.15) is 12.1 Å². The summed E-state index contributed by atoms with van der Waals surface area (Å²) in [6, 6.07) is 3.12. The molecule has 1 aliphatic heterocycles. The van der Waals surface area contributed by atoms with E-state index in [9.17, 15) is 4.39 Å². The molecule has 0 aliphatic carbocycles. The van der Waals surface area contributed by atoms with Crippen molar-refractivity contribution in [1.82, 2.24) is 24.6 Å². The number of hydrogen-bond acceptors (Lipinski definition) is 6. The standard InChI is InChI=1S/C19H19Cl2FN6O/c1-27-7-14(21)16(26-27)9-28-6-12-15(8-28)24-10-25-19(12)23-5-11-13(20)3-4-17(29-2)18(11)22/h3-4,7,10H,5-6,8-9H2,1-2H3,(H,23,24,25). The second-order valence-corrected chi connectivity index (χ2v) is 7.60. The number of nitrogens with one attached hydrogen (secondary N) is 1. The Morgan fingerprint density at radius 2 is 2.03 bits per heavy atom. The van der Waals surface area contributed by atoms with Gasteiger partial charge in [-0.2, -0.15) is 5.10 Å². The van der Waals surface area contributed by atoms with Gasteiger partial charge in [-0.05, 0) is 12.1 Å². The van der Waals surface area contributed by atoms with Crippen LogP contribution in [0.15, 0.2) is 24.7 Å². The number of nitrogens with zero attached hydrogens (tertiary/aromatic N) is 5. The van der Waals surface area contributed by atoms with Crippen LogP contribution in [0.2, 0.25) is 10.0 Å². The van der Waals surface area contributed by atoms with Crippen LogP contribution in [-0.4, -0.2) is 31.8 Å². The molecule has 0 bridgehead atoms. The van der Waals surface area contributed by atoms with Gasteiger partial charge < -0.3 is 10.1 Å². The molecule has 0 fully saturated rings. The van der Waals surface area contributed by atoms with Gasteiger partial charge in [0.05, 0.1) is 23.5 Å². The molecule has 3 aromatic rings. The Bertz CT molecular complexity index is 1060. The van der Waals surface area contributed by atoms with Crippen molar-refractivity contribution in [3.63, 3.8) is 0 Å². The van der Waals surface area contributed by atoms with E-state index < -0.39 is 5.82 Å². The maximum atomic E-state index is 14.5. The summed E-state index contributed by atoms with van der Waals surface area (Å²) >= 11 is 12.4. The normalized spacial score (nSPS) is 13.6. The van der Waals surface area contributed by atoms with Gasteiger partial charge in [0.2, 0.25) is 0 Å². The highest BCUT2D eigenvalue weighted by Crippen LogP contribution is 2.31. The van der Waals surface area contributed by atoms with Crippen molar-refractivity contribution in [3.05, 3.63) is 63.0 Å². The molecule has 1 N–H and O–H groups in total. The number of hydrogen-bond donors (Lipinski definition) is 1. The van der Waals surface area contributed by atoms with Gasteiger partial charge in [0.15, 0.2) is 11.6 Å². The summed E-state index contributed by atoms with van der Waals surface area (Å²) in [7, 11) is 3.26. The first-order valence-corrected chi connectivity index (χ1v) is 9.69. The minimum Gasteiger partial charge on any atom is -0.494 e. The van der Waals surface area contributed by atoms with Gasteiger partial charge in [-0.1, -0.05) is 23.2 Å². The van der Waals surface area contributed by atoms with E-state index in [2.05, 4.69) is 25.3 Å². The number of anilines is 1. The number of ether oxygens (including phenoxy) is 1. The van der Waals surface area contributed by atoms with Gasteiger partial charge in [-0.3, -0.25) is 9.58 Å². The van der Waals surface area contributed by atoms with Crippen molar-refractivity contribution in [3.8, 4) is 5.75 Å². The highest BCUT2D eigenvalue weighted by molar-refractivity contribution is 6.31. The van der Waals surface area contributed by atoms with Crippen LogP contribution in [0, 0.1) is 5.82 Å². The molecule has 4 rings (SSSR count). The lowest BCUT2D eigenvalue weighted by Crippen LogP contribution is -2.16. The Morgan fingerprint density at radius 1 is 1.21 bits per heavy atom. The lowest BCUT2D eigenvalue weighted by molar-refractivity contribution is 0.270. The Morgan fingerprint density at radius 3 is 2.76 bits per heavy atom. The fourth-order valence-corrected chi connectivity index (χ4v) is 3.85. The highest BCUT2D eigenvalue weighted by atomic mass is 35.5. The van der Waals surface area contributed by atoms with E-state index in [1.54, 1.807) is 16.9 Å². The molecule has 29 heavy (non-hydrogen) atoms. The monoisotopic (exact) mass is 436 g/mol. The van der Waals surface area contributed by atoms with E-state index >= 15 is 0 Å².